The Balaban J connectivity index is 1.91. The fourth-order valence-corrected chi connectivity index (χ4v) is 1.98. The van der Waals surface area contributed by atoms with Crippen LogP contribution in [0.2, 0.25) is 0 Å². The first-order valence-electron chi connectivity index (χ1n) is 5.03. The van der Waals surface area contributed by atoms with Gasteiger partial charge in [-0.15, -0.1) is 0 Å². The first-order chi connectivity index (χ1) is 8.33. The van der Waals surface area contributed by atoms with Gasteiger partial charge in [0.1, 0.15) is 4.60 Å². The smallest absolute Gasteiger partial charge is 0.180 e. The van der Waals surface area contributed by atoms with Gasteiger partial charge in [0, 0.05) is 36.9 Å². The van der Waals surface area contributed by atoms with Crippen LogP contribution in [-0.2, 0) is 6.54 Å². The zero-order valence-corrected chi connectivity index (χ0v) is 10.3. The summed E-state index contributed by atoms with van der Waals surface area (Å²) in [5, 5.41) is 9.89. The van der Waals surface area contributed by atoms with Gasteiger partial charge >= 0.3 is 0 Å². The number of fused-ring (bicyclic) bond motifs is 1. The SMILES string of the molecule is Brc1cn2ccnc2c(NCc2cn[nH]c2)n1. The van der Waals surface area contributed by atoms with Crippen molar-refractivity contribution in [3.8, 4) is 0 Å². The summed E-state index contributed by atoms with van der Waals surface area (Å²) in [4.78, 5) is 8.62. The lowest BCUT2D eigenvalue weighted by molar-refractivity contribution is 1.05. The lowest BCUT2D eigenvalue weighted by Gasteiger charge is -2.06. The highest BCUT2D eigenvalue weighted by Crippen LogP contribution is 2.17. The number of halogens is 1. The van der Waals surface area contributed by atoms with Crippen LogP contribution in [-0.4, -0.2) is 24.6 Å². The van der Waals surface area contributed by atoms with Crippen molar-refractivity contribution in [3.05, 3.63) is 41.2 Å². The van der Waals surface area contributed by atoms with E-state index < -0.39 is 0 Å². The van der Waals surface area contributed by atoms with Gasteiger partial charge in [0.25, 0.3) is 0 Å². The zero-order chi connectivity index (χ0) is 11.7. The number of rotatable bonds is 3. The molecular weight excluding hydrogens is 284 g/mol. The first kappa shape index (κ1) is 10.3. The number of nitrogens with zero attached hydrogens (tertiary/aromatic N) is 4. The van der Waals surface area contributed by atoms with Crippen LogP contribution in [0.4, 0.5) is 5.82 Å². The van der Waals surface area contributed by atoms with E-state index in [1.54, 1.807) is 12.4 Å². The maximum Gasteiger partial charge on any atom is 0.180 e. The number of imidazole rings is 1. The van der Waals surface area contributed by atoms with Crippen LogP contribution < -0.4 is 5.32 Å². The Labute approximate surface area is 105 Å². The summed E-state index contributed by atoms with van der Waals surface area (Å²) in [7, 11) is 0. The second-order valence-electron chi connectivity index (χ2n) is 3.53. The molecule has 3 aromatic rings. The number of aromatic amines is 1. The van der Waals surface area contributed by atoms with Gasteiger partial charge in [-0.3, -0.25) is 5.10 Å². The third-order valence-corrected chi connectivity index (χ3v) is 2.74. The van der Waals surface area contributed by atoms with Gasteiger partial charge in [-0.1, -0.05) is 0 Å². The number of aromatic nitrogens is 5. The Morgan fingerprint density at radius 2 is 2.41 bits per heavy atom. The van der Waals surface area contributed by atoms with Crippen LogP contribution in [0.15, 0.2) is 35.6 Å². The summed E-state index contributed by atoms with van der Waals surface area (Å²) in [6.45, 7) is 0.655. The van der Waals surface area contributed by atoms with E-state index in [9.17, 15) is 0 Å². The first-order valence-corrected chi connectivity index (χ1v) is 5.83. The molecule has 0 fully saturated rings. The van der Waals surface area contributed by atoms with E-state index in [1.807, 2.05) is 23.0 Å². The molecule has 0 spiro atoms. The molecule has 3 rings (SSSR count). The molecule has 2 N–H and O–H groups in total. The maximum absolute atomic E-state index is 4.36. The molecule has 17 heavy (non-hydrogen) atoms. The molecule has 0 aliphatic carbocycles. The molecule has 0 bridgehead atoms. The van der Waals surface area contributed by atoms with Gasteiger partial charge in [0.15, 0.2) is 11.5 Å². The summed E-state index contributed by atoms with van der Waals surface area (Å²) in [5.41, 5.74) is 1.87. The molecule has 0 aliphatic rings. The van der Waals surface area contributed by atoms with Gasteiger partial charge in [0.05, 0.1) is 6.20 Å². The van der Waals surface area contributed by atoms with Crippen LogP contribution in [0.25, 0.3) is 5.65 Å². The Morgan fingerprint density at radius 1 is 1.47 bits per heavy atom. The molecule has 86 valence electrons. The van der Waals surface area contributed by atoms with Crippen molar-refractivity contribution in [1.82, 2.24) is 24.6 Å². The molecule has 0 atom stereocenters. The zero-order valence-electron chi connectivity index (χ0n) is 8.76. The van der Waals surface area contributed by atoms with Crippen LogP contribution in [0.3, 0.4) is 0 Å². The maximum atomic E-state index is 4.36. The fraction of sp³-hybridized carbons (Fsp3) is 0.100. The number of H-pyrrole nitrogens is 1. The van der Waals surface area contributed by atoms with Crippen molar-refractivity contribution >= 4 is 27.4 Å². The lowest BCUT2D eigenvalue weighted by Crippen LogP contribution is -2.03. The normalized spacial score (nSPS) is 10.9. The lowest BCUT2D eigenvalue weighted by atomic mass is 10.3. The molecule has 6 nitrogen and oxygen atoms in total. The summed E-state index contributed by atoms with van der Waals surface area (Å²) >= 11 is 3.37. The molecule has 0 saturated carbocycles. The molecule has 0 aromatic carbocycles. The minimum Gasteiger partial charge on any atom is -0.363 e. The van der Waals surface area contributed by atoms with Gasteiger partial charge in [-0.05, 0) is 15.9 Å². The van der Waals surface area contributed by atoms with E-state index >= 15 is 0 Å². The Bertz CT molecular complexity index is 629. The van der Waals surface area contributed by atoms with Crippen LogP contribution >= 0.6 is 15.9 Å². The monoisotopic (exact) mass is 292 g/mol. The number of hydrogen-bond donors (Lipinski definition) is 2. The predicted octanol–water partition coefficient (Wildman–Crippen LogP) is 1.83. The van der Waals surface area contributed by atoms with Gasteiger partial charge in [-0.2, -0.15) is 5.10 Å². The average Bonchev–Trinajstić information content (AvgIpc) is 2.95. The van der Waals surface area contributed by atoms with E-state index in [2.05, 4.69) is 41.4 Å². The van der Waals surface area contributed by atoms with E-state index in [4.69, 9.17) is 0 Å². The summed E-state index contributed by atoms with van der Waals surface area (Å²) < 4.78 is 2.67. The molecule has 7 heteroatoms. The number of hydrogen-bond acceptors (Lipinski definition) is 4. The van der Waals surface area contributed by atoms with Crippen molar-refractivity contribution in [2.45, 2.75) is 6.54 Å². The fourth-order valence-electron chi connectivity index (χ4n) is 1.58. The average molecular weight is 293 g/mol. The van der Waals surface area contributed by atoms with E-state index in [0.29, 0.717) is 6.54 Å². The largest absolute Gasteiger partial charge is 0.363 e. The molecule has 0 amide bonds. The summed E-state index contributed by atoms with van der Waals surface area (Å²) in [5.74, 6) is 0.741. The Morgan fingerprint density at radius 3 is 3.24 bits per heavy atom. The van der Waals surface area contributed by atoms with Crippen LogP contribution in [0, 0.1) is 0 Å². The van der Waals surface area contributed by atoms with Crippen molar-refractivity contribution in [3.63, 3.8) is 0 Å². The van der Waals surface area contributed by atoms with E-state index in [0.717, 1.165) is 21.6 Å². The molecule has 0 unspecified atom stereocenters. The highest BCUT2D eigenvalue weighted by atomic mass is 79.9. The molecule has 0 radical (unpaired) electrons. The number of anilines is 1. The minimum atomic E-state index is 0.655. The summed E-state index contributed by atoms with van der Waals surface area (Å²) in [6, 6.07) is 0. The quantitative estimate of drug-likeness (QED) is 0.773. The highest BCUT2D eigenvalue weighted by Gasteiger charge is 2.06. The standard InChI is InChI=1S/C10H9BrN6/c11-8-6-17-2-1-12-10(17)9(16-8)13-3-7-4-14-15-5-7/h1-2,4-6H,3H2,(H,13,16)(H,14,15). The molecular formula is C10H9BrN6. The van der Waals surface area contributed by atoms with Gasteiger partial charge in [-0.25, -0.2) is 9.97 Å². The minimum absolute atomic E-state index is 0.655. The van der Waals surface area contributed by atoms with Crippen molar-refractivity contribution in [2.75, 3.05) is 5.32 Å². The topological polar surface area (TPSA) is 70.9 Å². The van der Waals surface area contributed by atoms with Crippen molar-refractivity contribution < 1.29 is 0 Å². The van der Waals surface area contributed by atoms with Gasteiger partial charge < -0.3 is 9.72 Å². The molecule has 0 aliphatic heterocycles. The van der Waals surface area contributed by atoms with Crippen molar-refractivity contribution in [1.29, 1.82) is 0 Å². The predicted molar refractivity (Wildman–Crippen MR) is 66.6 cm³/mol. The van der Waals surface area contributed by atoms with Gasteiger partial charge in [0.2, 0.25) is 0 Å². The second kappa shape index (κ2) is 4.17. The van der Waals surface area contributed by atoms with Crippen LogP contribution in [0.5, 0.6) is 0 Å². The van der Waals surface area contributed by atoms with E-state index in [1.165, 1.54) is 0 Å². The van der Waals surface area contributed by atoms with Crippen molar-refractivity contribution in [2.24, 2.45) is 0 Å². The third-order valence-electron chi connectivity index (χ3n) is 2.36. The summed E-state index contributed by atoms with van der Waals surface area (Å²) in [6.07, 6.45) is 9.10. The molecule has 3 aromatic heterocycles. The molecule has 3 heterocycles. The Kier molecular flexibility index (Phi) is 2.52. The number of nitrogens with one attached hydrogen (secondary N) is 2. The van der Waals surface area contributed by atoms with Crippen LogP contribution in [0.1, 0.15) is 5.56 Å². The van der Waals surface area contributed by atoms with E-state index in [-0.39, 0.29) is 0 Å². The third kappa shape index (κ3) is 2.01. The second-order valence-corrected chi connectivity index (χ2v) is 4.34. The molecule has 0 saturated heterocycles. The Hall–Kier alpha value is -1.89. The highest BCUT2D eigenvalue weighted by molar-refractivity contribution is 9.10.